The molecule has 2 N–H and O–H groups in total. The predicted molar refractivity (Wildman–Crippen MR) is 101 cm³/mol. The molecule has 11 heteroatoms. The van der Waals surface area contributed by atoms with E-state index in [2.05, 4.69) is 10.9 Å². The van der Waals surface area contributed by atoms with Crippen LogP contribution in [0.2, 0.25) is 0 Å². The second-order valence-corrected chi connectivity index (χ2v) is 8.71. The topological polar surface area (TPSA) is 78.5 Å². The van der Waals surface area contributed by atoms with Gasteiger partial charge in [0.05, 0.1) is 11.3 Å². The standard InChI is InChI=1S/C19H19F4N3O3S/c20-16-6-1-2-7-17(16)30(28,29)26-10-8-13(9-11-26)18(27)25-24-15-5-3-4-14(12-15)19(21,22)23/h1-7,12-13,24H,8-11H2,(H,25,27). The summed E-state index contributed by atoms with van der Waals surface area (Å²) in [5, 5.41) is 0. The van der Waals surface area contributed by atoms with Crippen LogP contribution in [0.3, 0.4) is 0 Å². The van der Waals surface area contributed by atoms with Crippen LogP contribution in [-0.2, 0) is 21.0 Å². The molecule has 0 atom stereocenters. The van der Waals surface area contributed by atoms with Crippen molar-refractivity contribution in [1.82, 2.24) is 9.73 Å². The molecule has 0 saturated carbocycles. The Bertz CT molecular complexity index is 1020. The van der Waals surface area contributed by atoms with Gasteiger partial charge in [-0.15, -0.1) is 0 Å². The van der Waals surface area contributed by atoms with Crippen molar-refractivity contribution in [3.05, 3.63) is 59.9 Å². The van der Waals surface area contributed by atoms with E-state index in [1.54, 1.807) is 0 Å². The first-order chi connectivity index (χ1) is 14.1. The zero-order chi connectivity index (χ0) is 21.9. The van der Waals surface area contributed by atoms with Gasteiger partial charge in [-0.3, -0.25) is 15.6 Å². The van der Waals surface area contributed by atoms with Gasteiger partial charge < -0.3 is 0 Å². The highest BCUT2D eigenvalue weighted by Gasteiger charge is 2.33. The van der Waals surface area contributed by atoms with E-state index in [-0.39, 0.29) is 31.6 Å². The van der Waals surface area contributed by atoms with E-state index in [4.69, 9.17) is 0 Å². The van der Waals surface area contributed by atoms with Gasteiger partial charge in [0.1, 0.15) is 10.7 Å². The molecule has 1 fully saturated rings. The summed E-state index contributed by atoms with van der Waals surface area (Å²) in [6.07, 6.45) is -4.11. The molecule has 2 aromatic carbocycles. The van der Waals surface area contributed by atoms with Crippen LogP contribution in [0.25, 0.3) is 0 Å². The molecule has 1 aliphatic heterocycles. The summed E-state index contributed by atoms with van der Waals surface area (Å²) in [6, 6.07) is 9.43. The number of sulfonamides is 1. The van der Waals surface area contributed by atoms with Gasteiger partial charge in [0.25, 0.3) is 0 Å². The van der Waals surface area contributed by atoms with Gasteiger partial charge in [0.2, 0.25) is 15.9 Å². The highest BCUT2D eigenvalue weighted by atomic mass is 32.2. The van der Waals surface area contributed by atoms with Gasteiger partial charge in [0.15, 0.2) is 0 Å². The number of alkyl halides is 3. The molecule has 1 heterocycles. The van der Waals surface area contributed by atoms with E-state index >= 15 is 0 Å². The van der Waals surface area contributed by atoms with Crippen LogP contribution in [0.1, 0.15) is 18.4 Å². The lowest BCUT2D eigenvalue weighted by atomic mass is 9.98. The molecular weight excluding hydrogens is 426 g/mol. The van der Waals surface area contributed by atoms with E-state index < -0.39 is 44.3 Å². The maximum absolute atomic E-state index is 13.9. The second-order valence-electron chi connectivity index (χ2n) is 6.80. The number of nitrogens with zero attached hydrogens (tertiary/aromatic N) is 1. The number of nitrogens with one attached hydrogen (secondary N) is 2. The maximum atomic E-state index is 13.9. The van der Waals surface area contributed by atoms with E-state index in [0.29, 0.717) is 0 Å². The summed E-state index contributed by atoms with van der Waals surface area (Å²) >= 11 is 0. The van der Waals surface area contributed by atoms with Gasteiger partial charge in [-0.25, -0.2) is 12.8 Å². The molecule has 0 radical (unpaired) electrons. The van der Waals surface area contributed by atoms with Crippen molar-refractivity contribution in [3.63, 3.8) is 0 Å². The first kappa shape index (κ1) is 22.0. The van der Waals surface area contributed by atoms with Crippen LogP contribution in [0.5, 0.6) is 0 Å². The molecule has 0 aromatic heterocycles. The zero-order valence-electron chi connectivity index (χ0n) is 15.6. The van der Waals surface area contributed by atoms with E-state index in [1.165, 1.54) is 30.3 Å². The highest BCUT2D eigenvalue weighted by molar-refractivity contribution is 7.89. The lowest BCUT2D eigenvalue weighted by molar-refractivity contribution is -0.137. The first-order valence-electron chi connectivity index (χ1n) is 9.07. The number of carbonyl (C=O) groups excluding carboxylic acids is 1. The molecule has 0 aliphatic carbocycles. The molecule has 0 unspecified atom stereocenters. The number of piperidine rings is 1. The SMILES string of the molecule is O=C(NNc1cccc(C(F)(F)F)c1)C1CCN(S(=O)(=O)c2ccccc2F)CC1. The van der Waals surface area contributed by atoms with Gasteiger partial charge >= 0.3 is 6.18 Å². The quantitative estimate of drug-likeness (QED) is 0.546. The smallest absolute Gasteiger partial charge is 0.299 e. The van der Waals surface area contributed by atoms with Gasteiger partial charge in [0, 0.05) is 19.0 Å². The Labute approximate surface area is 170 Å². The lowest BCUT2D eigenvalue weighted by Gasteiger charge is -2.30. The number of benzene rings is 2. The minimum absolute atomic E-state index is 0.0261. The number of hydrogen-bond acceptors (Lipinski definition) is 4. The van der Waals surface area contributed by atoms with E-state index in [0.717, 1.165) is 22.5 Å². The van der Waals surface area contributed by atoms with Crippen LogP contribution in [0, 0.1) is 11.7 Å². The van der Waals surface area contributed by atoms with Crippen molar-refractivity contribution in [2.24, 2.45) is 5.92 Å². The van der Waals surface area contributed by atoms with Crippen LogP contribution in [-0.4, -0.2) is 31.7 Å². The molecule has 6 nitrogen and oxygen atoms in total. The van der Waals surface area contributed by atoms with Crippen molar-refractivity contribution in [2.45, 2.75) is 23.9 Å². The number of rotatable bonds is 5. The Morgan fingerprint density at radius 2 is 1.70 bits per heavy atom. The average Bonchev–Trinajstić information content (AvgIpc) is 2.72. The lowest BCUT2D eigenvalue weighted by Crippen LogP contribution is -2.44. The Morgan fingerprint density at radius 1 is 1.03 bits per heavy atom. The molecule has 3 rings (SSSR count). The Hall–Kier alpha value is -2.66. The largest absolute Gasteiger partial charge is 0.416 e. The summed E-state index contributed by atoms with van der Waals surface area (Å²) in [4.78, 5) is 11.9. The first-order valence-corrected chi connectivity index (χ1v) is 10.5. The summed E-state index contributed by atoms with van der Waals surface area (Å²) in [5.74, 6) is -1.84. The average molecular weight is 445 g/mol. The van der Waals surface area contributed by atoms with Crippen molar-refractivity contribution < 1.29 is 30.8 Å². The maximum Gasteiger partial charge on any atom is 0.416 e. The van der Waals surface area contributed by atoms with Crippen LogP contribution in [0.4, 0.5) is 23.2 Å². The number of carbonyl (C=O) groups is 1. The molecule has 162 valence electrons. The third kappa shape index (κ3) is 4.90. The van der Waals surface area contributed by atoms with Crippen molar-refractivity contribution in [3.8, 4) is 0 Å². The van der Waals surface area contributed by atoms with E-state index in [9.17, 15) is 30.8 Å². The highest BCUT2D eigenvalue weighted by Crippen LogP contribution is 2.30. The fourth-order valence-electron chi connectivity index (χ4n) is 3.16. The summed E-state index contributed by atoms with van der Waals surface area (Å²) in [7, 11) is -4.01. The number of anilines is 1. The fraction of sp³-hybridized carbons (Fsp3) is 0.316. The Balaban J connectivity index is 1.57. The molecule has 1 aliphatic rings. The van der Waals surface area contributed by atoms with Gasteiger partial charge in [-0.1, -0.05) is 18.2 Å². The number of amides is 1. The number of hydrazine groups is 1. The predicted octanol–water partition coefficient (Wildman–Crippen LogP) is 3.39. The molecular formula is C19H19F4N3O3S. The number of hydrogen-bond donors (Lipinski definition) is 2. The summed E-state index contributed by atoms with van der Waals surface area (Å²) in [6.45, 7) is 0.0522. The monoisotopic (exact) mass is 445 g/mol. The van der Waals surface area contributed by atoms with Crippen molar-refractivity contribution in [1.29, 1.82) is 0 Å². The van der Waals surface area contributed by atoms with E-state index in [1.807, 2.05) is 0 Å². The van der Waals surface area contributed by atoms with Gasteiger partial charge in [-0.05, 0) is 43.2 Å². The Kier molecular flexibility index (Phi) is 6.32. The molecule has 1 saturated heterocycles. The van der Waals surface area contributed by atoms with Crippen molar-refractivity contribution in [2.75, 3.05) is 18.5 Å². The molecule has 0 spiro atoms. The van der Waals surface area contributed by atoms with Crippen LogP contribution < -0.4 is 10.9 Å². The minimum atomic E-state index is -4.50. The van der Waals surface area contributed by atoms with Gasteiger partial charge in [-0.2, -0.15) is 17.5 Å². The second kappa shape index (κ2) is 8.60. The molecule has 30 heavy (non-hydrogen) atoms. The van der Waals surface area contributed by atoms with Crippen molar-refractivity contribution >= 4 is 21.6 Å². The molecule has 1 amide bonds. The number of halogens is 4. The molecule has 2 aromatic rings. The third-order valence-electron chi connectivity index (χ3n) is 4.80. The molecule has 0 bridgehead atoms. The third-order valence-corrected chi connectivity index (χ3v) is 6.73. The minimum Gasteiger partial charge on any atom is -0.299 e. The van der Waals surface area contributed by atoms with Crippen LogP contribution >= 0.6 is 0 Å². The van der Waals surface area contributed by atoms with Crippen LogP contribution in [0.15, 0.2) is 53.4 Å². The normalized spacial score (nSPS) is 16.3. The summed E-state index contributed by atoms with van der Waals surface area (Å²) < 4.78 is 78.4. The zero-order valence-corrected chi connectivity index (χ0v) is 16.4. The fourth-order valence-corrected chi connectivity index (χ4v) is 4.70. The summed E-state index contributed by atoms with van der Waals surface area (Å²) in [5.41, 5.74) is 4.02. The Morgan fingerprint density at radius 3 is 2.33 bits per heavy atom.